The maximum atomic E-state index is 4.08. The Morgan fingerprint density at radius 1 is 1.50 bits per heavy atom. The summed E-state index contributed by atoms with van der Waals surface area (Å²) in [5.41, 5.74) is 1.13. The molecule has 0 aliphatic carbocycles. The predicted molar refractivity (Wildman–Crippen MR) is 33.7 cm³/mol. The second-order valence-corrected chi connectivity index (χ2v) is 2.14. The van der Waals surface area contributed by atoms with Crippen molar-refractivity contribution in [3.63, 3.8) is 0 Å². The summed E-state index contributed by atoms with van der Waals surface area (Å²) in [5.74, 6) is 0. The molecule has 0 bridgehead atoms. The van der Waals surface area contributed by atoms with Crippen molar-refractivity contribution in [2.45, 2.75) is 5.21 Å². The van der Waals surface area contributed by atoms with Crippen molar-refractivity contribution in [1.29, 1.82) is 0 Å². The van der Waals surface area contributed by atoms with Gasteiger partial charge in [0.25, 0.3) is 0 Å². The fourth-order valence-electron chi connectivity index (χ4n) is 0.492. The Labute approximate surface area is 57.6 Å². The van der Waals surface area contributed by atoms with Gasteiger partial charge >= 0.3 is 57.1 Å². The first-order valence-electron chi connectivity index (χ1n) is 2.44. The van der Waals surface area contributed by atoms with Crippen molar-refractivity contribution in [3.8, 4) is 0 Å². The molecule has 0 aliphatic rings. The van der Waals surface area contributed by atoms with Gasteiger partial charge in [-0.2, -0.15) is 0 Å². The van der Waals surface area contributed by atoms with Crippen LogP contribution in [0, 0.1) is 0 Å². The van der Waals surface area contributed by atoms with E-state index in [1.165, 1.54) is 0 Å². The Morgan fingerprint density at radius 2 is 2.38 bits per heavy atom. The standard InChI is InChI=1S/C6H6AsN/c7-5-6-3-1-2-4-8-6/h1-4H,5H2. The molecular formula is C6H6AsN. The average Bonchev–Trinajstić information content (AvgIpc) is 1.90. The quantitative estimate of drug-likeness (QED) is 0.562. The summed E-state index contributed by atoms with van der Waals surface area (Å²) in [5, 5.41) is 0.966. The van der Waals surface area contributed by atoms with Crippen LogP contribution in [0.15, 0.2) is 24.4 Å². The van der Waals surface area contributed by atoms with Gasteiger partial charge in [0.1, 0.15) is 0 Å². The summed E-state index contributed by atoms with van der Waals surface area (Å²) in [4.78, 5) is 4.08. The first-order chi connectivity index (χ1) is 3.93. The van der Waals surface area contributed by atoms with Crippen LogP contribution in [0.1, 0.15) is 5.69 Å². The van der Waals surface area contributed by atoms with Crippen LogP contribution in [0.4, 0.5) is 0 Å². The number of aromatic nitrogens is 1. The van der Waals surface area contributed by atoms with E-state index in [4.69, 9.17) is 0 Å². The first-order valence-corrected chi connectivity index (χ1v) is 3.77. The molecule has 0 fully saturated rings. The molecule has 8 heavy (non-hydrogen) atoms. The molecular weight excluding hydrogens is 161 g/mol. The van der Waals surface area contributed by atoms with E-state index in [-0.39, 0.29) is 0 Å². The van der Waals surface area contributed by atoms with Crippen LogP contribution in [0.25, 0.3) is 0 Å². The average molecular weight is 167 g/mol. The molecule has 0 saturated carbocycles. The molecule has 0 atom stereocenters. The van der Waals surface area contributed by atoms with E-state index in [0.717, 1.165) is 10.9 Å². The van der Waals surface area contributed by atoms with Gasteiger partial charge in [-0.25, -0.2) is 0 Å². The zero-order chi connectivity index (χ0) is 5.82. The predicted octanol–water partition coefficient (Wildman–Crippen LogP) is 0.750. The summed E-state index contributed by atoms with van der Waals surface area (Å²) in [6, 6.07) is 5.93. The van der Waals surface area contributed by atoms with Gasteiger partial charge in [0.15, 0.2) is 0 Å². The van der Waals surface area contributed by atoms with E-state index in [2.05, 4.69) is 21.8 Å². The summed E-state index contributed by atoms with van der Waals surface area (Å²) in [6.45, 7) is 0. The molecule has 1 nitrogen and oxygen atoms in total. The fraction of sp³-hybridized carbons (Fsp3) is 0.167. The van der Waals surface area contributed by atoms with Gasteiger partial charge in [0.05, 0.1) is 0 Å². The monoisotopic (exact) mass is 167 g/mol. The zero-order valence-corrected chi connectivity index (χ0v) is 6.29. The van der Waals surface area contributed by atoms with Crippen LogP contribution in [-0.2, 0) is 5.21 Å². The van der Waals surface area contributed by atoms with Gasteiger partial charge in [-0.1, -0.05) is 0 Å². The summed E-state index contributed by atoms with van der Waals surface area (Å²) >= 11 is 2.50. The van der Waals surface area contributed by atoms with Gasteiger partial charge in [-0.3, -0.25) is 0 Å². The summed E-state index contributed by atoms with van der Waals surface area (Å²) in [7, 11) is 0. The van der Waals surface area contributed by atoms with Crippen LogP contribution in [-0.4, -0.2) is 21.8 Å². The molecule has 1 aromatic rings. The second-order valence-electron chi connectivity index (χ2n) is 1.48. The zero-order valence-electron chi connectivity index (χ0n) is 4.41. The van der Waals surface area contributed by atoms with E-state index < -0.39 is 0 Å². The minimum atomic E-state index is 0.966. The molecule has 0 unspecified atom stereocenters. The Kier molecular flexibility index (Phi) is 2.10. The van der Waals surface area contributed by atoms with Gasteiger partial charge in [-0.15, -0.1) is 0 Å². The second kappa shape index (κ2) is 2.88. The fourth-order valence-corrected chi connectivity index (χ4v) is 0.884. The molecule has 2 heteroatoms. The Morgan fingerprint density at radius 3 is 2.75 bits per heavy atom. The van der Waals surface area contributed by atoms with E-state index in [1.54, 1.807) is 0 Å². The van der Waals surface area contributed by atoms with Crippen LogP contribution in [0.2, 0.25) is 0 Å². The first kappa shape index (κ1) is 5.84. The molecule has 1 rings (SSSR count). The van der Waals surface area contributed by atoms with Gasteiger partial charge in [0, 0.05) is 0 Å². The van der Waals surface area contributed by atoms with Crippen molar-refractivity contribution >= 4 is 16.9 Å². The Balaban J connectivity index is 2.83. The maximum absolute atomic E-state index is 4.08. The molecule has 40 valence electrons. The molecule has 1 heterocycles. The third-order valence-corrected chi connectivity index (χ3v) is 1.57. The van der Waals surface area contributed by atoms with E-state index in [1.807, 2.05) is 24.4 Å². The van der Waals surface area contributed by atoms with Crippen LogP contribution >= 0.6 is 0 Å². The SMILES string of the molecule is [As]Cc1ccccn1. The van der Waals surface area contributed by atoms with E-state index in [0.29, 0.717) is 0 Å². The number of hydrogen-bond acceptors (Lipinski definition) is 1. The molecule has 0 amide bonds. The number of rotatable bonds is 1. The van der Waals surface area contributed by atoms with Crippen molar-refractivity contribution in [2.75, 3.05) is 0 Å². The topological polar surface area (TPSA) is 12.9 Å². The summed E-state index contributed by atoms with van der Waals surface area (Å²) < 4.78 is 0. The molecule has 2 radical (unpaired) electrons. The van der Waals surface area contributed by atoms with Crippen molar-refractivity contribution in [2.24, 2.45) is 0 Å². The van der Waals surface area contributed by atoms with Gasteiger partial charge in [0.2, 0.25) is 0 Å². The Bertz CT molecular complexity index is 150. The normalized spacial score (nSPS) is 9.12. The van der Waals surface area contributed by atoms with Crippen LogP contribution in [0.5, 0.6) is 0 Å². The molecule has 0 aromatic carbocycles. The molecule has 0 saturated heterocycles. The molecule has 1 aromatic heterocycles. The minimum absolute atomic E-state index is 0.966. The van der Waals surface area contributed by atoms with Crippen LogP contribution < -0.4 is 0 Å². The molecule has 0 N–H and O–H groups in total. The van der Waals surface area contributed by atoms with Crippen molar-refractivity contribution < 1.29 is 0 Å². The number of hydrogen-bond donors (Lipinski definition) is 0. The van der Waals surface area contributed by atoms with Gasteiger partial charge < -0.3 is 0 Å². The Hall–Kier alpha value is -0.292. The van der Waals surface area contributed by atoms with Crippen molar-refractivity contribution in [3.05, 3.63) is 30.1 Å². The van der Waals surface area contributed by atoms with E-state index in [9.17, 15) is 0 Å². The van der Waals surface area contributed by atoms with Crippen molar-refractivity contribution in [1.82, 2.24) is 4.98 Å². The summed E-state index contributed by atoms with van der Waals surface area (Å²) in [6.07, 6.45) is 1.81. The molecule has 0 aliphatic heterocycles. The third kappa shape index (κ3) is 1.34. The number of nitrogens with zero attached hydrogens (tertiary/aromatic N) is 1. The number of pyridine rings is 1. The third-order valence-electron chi connectivity index (χ3n) is 0.888. The molecule has 0 spiro atoms. The van der Waals surface area contributed by atoms with Crippen LogP contribution in [0.3, 0.4) is 0 Å². The van der Waals surface area contributed by atoms with E-state index >= 15 is 0 Å². The van der Waals surface area contributed by atoms with Gasteiger partial charge in [-0.05, 0) is 0 Å².